The highest BCUT2D eigenvalue weighted by Gasteiger charge is 2.37. The minimum absolute atomic E-state index is 0.0487. The van der Waals surface area contributed by atoms with E-state index in [1.165, 1.54) is 19.9 Å². The molecule has 34 heavy (non-hydrogen) atoms. The van der Waals surface area contributed by atoms with Crippen LogP contribution in [0.5, 0.6) is 0 Å². The van der Waals surface area contributed by atoms with Crippen molar-refractivity contribution in [3.8, 4) is 0 Å². The lowest BCUT2D eigenvalue weighted by Gasteiger charge is -2.38. The minimum Gasteiger partial charge on any atom is -0.450 e. The third-order valence-electron chi connectivity index (χ3n) is 7.07. The van der Waals surface area contributed by atoms with Crippen molar-refractivity contribution in [3.63, 3.8) is 0 Å². The molecule has 0 aromatic carbocycles. The average Bonchev–Trinajstić information content (AvgIpc) is 2.81. The molecule has 2 amide bonds. The van der Waals surface area contributed by atoms with Crippen molar-refractivity contribution in [2.75, 3.05) is 72.1 Å². The molecule has 3 aliphatic heterocycles. The summed E-state index contributed by atoms with van der Waals surface area (Å²) in [5.74, 6) is 1.08. The smallest absolute Gasteiger partial charge is 0.409 e. The van der Waals surface area contributed by atoms with Crippen LogP contribution in [0.4, 0.5) is 4.79 Å². The summed E-state index contributed by atoms with van der Waals surface area (Å²) in [5.41, 5.74) is 0. The van der Waals surface area contributed by atoms with Crippen LogP contribution >= 0.6 is 0 Å². The van der Waals surface area contributed by atoms with Gasteiger partial charge in [-0.3, -0.25) is 4.79 Å². The molecule has 3 saturated heterocycles. The third kappa shape index (κ3) is 7.29. The minimum atomic E-state index is -3.66. The van der Waals surface area contributed by atoms with E-state index in [1.807, 2.05) is 0 Å². The molecule has 0 aromatic rings. The molecule has 0 aliphatic carbocycles. The Labute approximate surface area is 205 Å². The van der Waals surface area contributed by atoms with Gasteiger partial charge in [-0.05, 0) is 51.0 Å². The quantitative estimate of drug-likeness (QED) is 0.502. The van der Waals surface area contributed by atoms with Crippen molar-refractivity contribution in [3.05, 3.63) is 0 Å². The Kier molecular flexibility index (Phi) is 9.99. The van der Waals surface area contributed by atoms with E-state index in [-0.39, 0.29) is 31.5 Å². The van der Waals surface area contributed by atoms with Gasteiger partial charge in [0, 0.05) is 58.9 Å². The Morgan fingerprint density at radius 2 is 1.65 bits per heavy atom. The SMILES string of the molecule is CCOC(=O)N1CCN(S(=O)(=O)N2CCC[C@@H](C(=O)NCCCN3C[C@H](C)C[C@H](C)C3)C2)CC1. The fourth-order valence-corrected chi connectivity index (χ4v) is 7.16. The highest BCUT2D eigenvalue weighted by molar-refractivity contribution is 7.86. The molecule has 0 unspecified atom stereocenters. The van der Waals surface area contributed by atoms with Crippen molar-refractivity contribution in [2.24, 2.45) is 17.8 Å². The number of carbonyl (C=O) groups is 2. The summed E-state index contributed by atoms with van der Waals surface area (Å²) in [5, 5.41) is 3.04. The van der Waals surface area contributed by atoms with Crippen molar-refractivity contribution < 1.29 is 22.7 Å². The van der Waals surface area contributed by atoms with Crippen LogP contribution in [0.15, 0.2) is 0 Å². The fourth-order valence-electron chi connectivity index (χ4n) is 5.48. The first-order valence-electron chi connectivity index (χ1n) is 12.9. The second kappa shape index (κ2) is 12.5. The monoisotopic (exact) mass is 501 g/mol. The van der Waals surface area contributed by atoms with Crippen LogP contribution in [0.2, 0.25) is 0 Å². The van der Waals surface area contributed by atoms with E-state index < -0.39 is 16.3 Å². The number of piperazine rings is 1. The van der Waals surface area contributed by atoms with Crippen LogP contribution in [0.3, 0.4) is 0 Å². The first-order valence-corrected chi connectivity index (χ1v) is 14.3. The summed E-state index contributed by atoms with van der Waals surface area (Å²) in [4.78, 5) is 28.7. The maximum atomic E-state index is 13.2. The van der Waals surface area contributed by atoms with E-state index in [4.69, 9.17) is 4.74 Å². The normalized spacial score (nSPS) is 28.0. The summed E-state index contributed by atoms with van der Waals surface area (Å²) in [7, 11) is -3.66. The largest absolute Gasteiger partial charge is 0.450 e. The van der Waals surface area contributed by atoms with Crippen LogP contribution in [-0.4, -0.2) is 111 Å². The van der Waals surface area contributed by atoms with Crippen LogP contribution in [0, 0.1) is 17.8 Å². The van der Waals surface area contributed by atoms with Gasteiger partial charge in [0.05, 0.1) is 12.5 Å². The van der Waals surface area contributed by atoms with Gasteiger partial charge in [0.15, 0.2) is 0 Å². The van der Waals surface area contributed by atoms with E-state index in [9.17, 15) is 18.0 Å². The predicted molar refractivity (Wildman–Crippen MR) is 130 cm³/mol. The zero-order chi connectivity index (χ0) is 24.7. The molecule has 3 atom stereocenters. The number of piperidine rings is 2. The molecule has 3 fully saturated rings. The molecule has 0 saturated carbocycles. The van der Waals surface area contributed by atoms with Crippen molar-refractivity contribution >= 4 is 22.2 Å². The number of rotatable bonds is 8. The van der Waals surface area contributed by atoms with E-state index in [1.54, 1.807) is 6.92 Å². The molecule has 11 heteroatoms. The lowest BCUT2D eigenvalue weighted by atomic mass is 9.92. The first-order chi connectivity index (χ1) is 16.2. The van der Waals surface area contributed by atoms with Gasteiger partial charge in [-0.1, -0.05) is 13.8 Å². The first kappa shape index (κ1) is 27.2. The van der Waals surface area contributed by atoms with E-state index >= 15 is 0 Å². The molecule has 10 nitrogen and oxygen atoms in total. The van der Waals surface area contributed by atoms with E-state index in [0.29, 0.717) is 45.6 Å². The number of ether oxygens (including phenoxy) is 1. The highest BCUT2D eigenvalue weighted by Crippen LogP contribution is 2.23. The van der Waals surface area contributed by atoms with Gasteiger partial charge in [-0.2, -0.15) is 17.0 Å². The van der Waals surface area contributed by atoms with Gasteiger partial charge in [-0.15, -0.1) is 0 Å². The summed E-state index contributed by atoms with van der Waals surface area (Å²) < 4.78 is 34.2. The molecular formula is C23H43N5O5S. The van der Waals surface area contributed by atoms with E-state index in [0.717, 1.165) is 37.9 Å². The molecule has 196 valence electrons. The van der Waals surface area contributed by atoms with Gasteiger partial charge in [0.25, 0.3) is 10.2 Å². The van der Waals surface area contributed by atoms with Crippen molar-refractivity contribution in [1.29, 1.82) is 0 Å². The van der Waals surface area contributed by atoms with E-state index in [2.05, 4.69) is 24.1 Å². The Hall–Kier alpha value is -1.43. The third-order valence-corrected chi connectivity index (χ3v) is 9.07. The molecule has 1 N–H and O–H groups in total. The Morgan fingerprint density at radius 3 is 2.29 bits per heavy atom. The predicted octanol–water partition coefficient (Wildman–Crippen LogP) is 1.20. The Bertz CT molecular complexity index is 777. The second-order valence-corrected chi connectivity index (χ2v) is 12.1. The van der Waals surface area contributed by atoms with Gasteiger partial charge < -0.3 is 19.9 Å². The molecule has 0 bridgehead atoms. The standard InChI is InChI=1S/C23H43N5O5S/c1-4-33-23(30)26-11-13-27(14-12-26)34(31,32)28-10-5-7-21(18-28)22(29)24-8-6-9-25-16-19(2)15-20(3)17-25/h19-21H,4-18H2,1-3H3,(H,24,29)/t19-,20+,21-/m1/s1. The number of nitrogens with one attached hydrogen (secondary N) is 1. The number of hydrogen-bond acceptors (Lipinski definition) is 6. The van der Waals surface area contributed by atoms with Gasteiger partial charge in [0.2, 0.25) is 5.91 Å². The summed E-state index contributed by atoms with van der Waals surface area (Å²) in [6.45, 7) is 12.2. The number of amides is 2. The van der Waals surface area contributed by atoms with Crippen molar-refractivity contribution in [2.45, 2.75) is 46.5 Å². The fraction of sp³-hybridized carbons (Fsp3) is 0.913. The second-order valence-electron chi connectivity index (χ2n) is 10.1. The average molecular weight is 502 g/mol. The molecule has 0 aromatic heterocycles. The number of carbonyl (C=O) groups excluding carboxylic acids is 2. The zero-order valence-electron chi connectivity index (χ0n) is 21.1. The topological polar surface area (TPSA) is 102 Å². The Morgan fingerprint density at radius 1 is 0.971 bits per heavy atom. The summed E-state index contributed by atoms with van der Waals surface area (Å²) >= 11 is 0. The van der Waals surface area contributed by atoms with Crippen LogP contribution in [-0.2, 0) is 19.7 Å². The number of likely N-dealkylation sites (tertiary alicyclic amines) is 1. The Balaban J connectivity index is 1.42. The lowest BCUT2D eigenvalue weighted by Crippen LogP contribution is -2.56. The zero-order valence-corrected chi connectivity index (χ0v) is 21.9. The summed E-state index contributed by atoms with van der Waals surface area (Å²) in [6.07, 6.45) is 3.16. The number of nitrogens with zero attached hydrogens (tertiary/aromatic N) is 4. The van der Waals surface area contributed by atoms with Crippen LogP contribution in [0.25, 0.3) is 0 Å². The van der Waals surface area contributed by atoms with Gasteiger partial charge >= 0.3 is 6.09 Å². The molecule has 3 aliphatic rings. The highest BCUT2D eigenvalue weighted by atomic mass is 32.2. The van der Waals surface area contributed by atoms with Crippen molar-refractivity contribution in [1.82, 2.24) is 23.7 Å². The van der Waals surface area contributed by atoms with Gasteiger partial charge in [-0.25, -0.2) is 4.79 Å². The lowest BCUT2D eigenvalue weighted by molar-refractivity contribution is -0.126. The van der Waals surface area contributed by atoms with Crippen LogP contribution in [0.1, 0.15) is 46.5 Å². The van der Waals surface area contributed by atoms with Crippen LogP contribution < -0.4 is 5.32 Å². The number of hydrogen-bond donors (Lipinski definition) is 1. The maximum absolute atomic E-state index is 13.2. The molecule has 0 radical (unpaired) electrons. The molecular weight excluding hydrogens is 458 g/mol. The maximum Gasteiger partial charge on any atom is 0.409 e. The summed E-state index contributed by atoms with van der Waals surface area (Å²) in [6, 6.07) is 0. The molecule has 3 heterocycles. The molecule has 3 rings (SSSR count). The van der Waals surface area contributed by atoms with Gasteiger partial charge in [0.1, 0.15) is 0 Å². The molecule has 0 spiro atoms.